The fraction of sp³-hybridized carbons (Fsp3) is 0.368. The van der Waals surface area contributed by atoms with Gasteiger partial charge in [-0.15, -0.1) is 0 Å². The minimum atomic E-state index is 0.0927. The summed E-state index contributed by atoms with van der Waals surface area (Å²) in [6.07, 6.45) is 2.28. The smallest absolute Gasteiger partial charge is 0.0509 e. The first-order chi connectivity index (χ1) is 10.4. The molecule has 0 saturated carbocycles. The molecular weight excluding hydrogens is 258 g/mol. The molecule has 0 spiro atoms. The van der Waals surface area contributed by atoms with E-state index in [1.165, 1.54) is 11.1 Å². The lowest BCUT2D eigenvalue weighted by molar-refractivity contribution is 0.0428. The second-order valence-corrected chi connectivity index (χ2v) is 5.85. The molecule has 1 heterocycles. The lowest BCUT2D eigenvalue weighted by atomic mass is 9.78. The van der Waals surface area contributed by atoms with Gasteiger partial charge in [0.2, 0.25) is 0 Å². The summed E-state index contributed by atoms with van der Waals surface area (Å²) in [7, 11) is 0. The van der Waals surface area contributed by atoms with Crippen molar-refractivity contribution in [3.8, 4) is 0 Å². The normalized spacial score (nSPS) is 20.4. The Kier molecular flexibility index (Phi) is 4.69. The van der Waals surface area contributed by atoms with E-state index in [4.69, 9.17) is 10.5 Å². The Morgan fingerprint density at radius 3 is 1.95 bits per heavy atom. The van der Waals surface area contributed by atoms with Gasteiger partial charge in [0.05, 0.1) is 6.61 Å². The summed E-state index contributed by atoms with van der Waals surface area (Å²) in [6, 6.07) is 21.3. The predicted molar refractivity (Wildman–Crippen MR) is 86.2 cm³/mol. The molecule has 2 unspecified atom stereocenters. The number of benzene rings is 2. The van der Waals surface area contributed by atoms with Crippen molar-refractivity contribution < 1.29 is 4.74 Å². The van der Waals surface area contributed by atoms with Crippen LogP contribution in [0, 0.1) is 5.92 Å². The summed E-state index contributed by atoms with van der Waals surface area (Å²) < 4.78 is 5.65. The zero-order valence-corrected chi connectivity index (χ0v) is 12.3. The second kappa shape index (κ2) is 6.88. The minimum absolute atomic E-state index is 0.0927. The van der Waals surface area contributed by atoms with E-state index in [0.29, 0.717) is 5.92 Å². The van der Waals surface area contributed by atoms with Crippen molar-refractivity contribution in [1.82, 2.24) is 0 Å². The van der Waals surface area contributed by atoms with Crippen LogP contribution in [0.2, 0.25) is 0 Å². The van der Waals surface area contributed by atoms with Crippen molar-refractivity contribution in [2.75, 3.05) is 13.2 Å². The van der Waals surface area contributed by atoms with E-state index >= 15 is 0 Å². The molecule has 1 fully saturated rings. The lowest BCUT2D eigenvalue weighted by Gasteiger charge is -2.34. The maximum absolute atomic E-state index is 6.68. The molecule has 21 heavy (non-hydrogen) atoms. The van der Waals surface area contributed by atoms with Crippen LogP contribution in [0.1, 0.15) is 29.9 Å². The minimum Gasteiger partial charge on any atom is -0.381 e. The average molecular weight is 281 g/mol. The van der Waals surface area contributed by atoms with Gasteiger partial charge in [0.15, 0.2) is 0 Å². The van der Waals surface area contributed by atoms with Gasteiger partial charge in [-0.25, -0.2) is 0 Å². The molecule has 2 nitrogen and oxygen atoms in total. The highest BCUT2D eigenvalue weighted by atomic mass is 16.5. The van der Waals surface area contributed by atoms with Gasteiger partial charge in [-0.3, -0.25) is 0 Å². The van der Waals surface area contributed by atoms with E-state index < -0.39 is 0 Å². The molecule has 1 saturated heterocycles. The molecule has 0 bridgehead atoms. The predicted octanol–water partition coefficient (Wildman–Crippen LogP) is 3.57. The molecule has 3 rings (SSSR count). The third-order valence-electron chi connectivity index (χ3n) is 4.44. The highest BCUT2D eigenvalue weighted by Crippen LogP contribution is 2.32. The van der Waals surface area contributed by atoms with E-state index in [0.717, 1.165) is 26.1 Å². The van der Waals surface area contributed by atoms with Gasteiger partial charge in [0.1, 0.15) is 0 Å². The zero-order chi connectivity index (χ0) is 14.5. The van der Waals surface area contributed by atoms with Crippen LogP contribution in [0.15, 0.2) is 60.7 Å². The Hall–Kier alpha value is -1.64. The topological polar surface area (TPSA) is 35.2 Å². The van der Waals surface area contributed by atoms with Crippen LogP contribution in [0.3, 0.4) is 0 Å². The lowest BCUT2D eigenvalue weighted by Crippen LogP contribution is -2.40. The molecule has 2 aromatic rings. The van der Waals surface area contributed by atoms with Crippen molar-refractivity contribution in [1.29, 1.82) is 0 Å². The summed E-state index contributed by atoms with van der Waals surface area (Å²) in [5.41, 5.74) is 9.26. The Morgan fingerprint density at radius 1 is 0.905 bits per heavy atom. The van der Waals surface area contributed by atoms with Crippen molar-refractivity contribution in [3.05, 3.63) is 71.8 Å². The van der Waals surface area contributed by atoms with Gasteiger partial charge in [0, 0.05) is 18.6 Å². The first-order valence-electron chi connectivity index (χ1n) is 7.79. The summed E-state index contributed by atoms with van der Waals surface area (Å²) in [4.78, 5) is 0. The van der Waals surface area contributed by atoms with Crippen molar-refractivity contribution >= 4 is 0 Å². The molecule has 0 radical (unpaired) electrons. The third kappa shape index (κ3) is 3.34. The molecule has 2 atom stereocenters. The zero-order valence-electron chi connectivity index (χ0n) is 12.3. The molecule has 2 heteroatoms. The standard InChI is InChI=1S/C19H23NO/c20-19(17-12-7-13-21-14-17)18(15-8-3-1-4-9-15)16-10-5-2-6-11-16/h1-6,8-11,17-19H,7,12-14,20H2. The number of ether oxygens (including phenoxy) is 1. The summed E-state index contributed by atoms with van der Waals surface area (Å²) in [6.45, 7) is 1.67. The molecule has 2 N–H and O–H groups in total. The monoisotopic (exact) mass is 281 g/mol. The van der Waals surface area contributed by atoms with Gasteiger partial charge < -0.3 is 10.5 Å². The Balaban J connectivity index is 1.92. The fourth-order valence-corrected chi connectivity index (χ4v) is 3.30. The Labute approximate surface area is 126 Å². The van der Waals surface area contributed by atoms with Crippen molar-refractivity contribution in [3.63, 3.8) is 0 Å². The van der Waals surface area contributed by atoms with E-state index in [1.54, 1.807) is 0 Å². The molecule has 2 aromatic carbocycles. The van der Waals surface area contributed by atoms with Gasteiger partial charge in [-0.05, 0) is 29.9 Å². The van der Waals surface area contributed by atoms with Crippen LogP contribution in [-0.4, -0.2) is 19.3 Å². The van der Waals surface area contributed by atoms with Crippen LogP contribution >= 0.6 is 0 Å². The molecular formula is C19H23NO. The maximum atomic E-state index is 6.68. The molecule has 1 aliphatic rings. The summed E-state index contributed by atoms with van der Waals surface area (Å²) in [5.74, 6) is 0.670. The van der Waals surface area contributed by atoms with Gasteiger partial charge in [-0.1, -0.05) is 60.7 Å². The largest absolute Gasteiger partial charge is 0.381 e. The SMILES string of the molecule is NC(C1CCCOC1)C(c1ccccc1)c1ccccc1. The third-order valence-corrected chi connectivity index (χ3v) is 4.44. The fourth-order valence-electron chi connectivity index (χ4n) is 3.30. The molecule has 1 aliphatic heterocycles. The second-order valence-electron chi connectivity index (χ2n) is 5.85. The average Bonchev–Trinajstić information content (AvgIpc) is 2.58. The first-order valence-corrected chi connectivity index (χ1v) is 7.79. The highest BCUT2D eigenvalue weighted by molar-refractivity contribution is 5.34. The molecule has 0 aliphatic carbocycles. The number of hydrogen-bond acceptors (Lipinski definition) is 2. The number of hydrogen-bond donors (Lipinski definition) is 1. The van der Waals surface area contributed by atoms with Crippen molar-refractivity contribution in [2.45, 2.75) is 24.8 Å². The van der Waals surface area contributed by atoms with Crippen LogP contribution in [0.5, 0.6) is 0 Å². The molecule has 0 aromatic heterocycles. The molecule has 110 valence electrons. The van der Waals surface area contributed by atoms with Gasteiger partial charge >= 0.3 is 0 Å². The highest BCUT2D eigenvalue weighted by Gasteiger charge is 2.30. The molecule has 0 amide bonds. The van der Waals surface area contributed by atoms with E-state index in [-0.39, 0.29) is 12.0 Å². The van der Waals surface area contributed by atoms with Crippen LogP contribution in [0.25, 0.3) is 0 Å². The van der Waals surface area contributed by atoms with Crippen LogP contribution in [-0.2, 0) is 4.74 Å². The Bertz CT molecular complexity index is 495. The van der Waals surface area contributed by atoms with Crippen LogP contribution < -0.4 is 5.73 Å². The number of nitrogens with two attached hydrogens (primary N) is 1. The maximum Gasteiger partial charge on any atom is 0.0509 e. The summed E-state index contributed by atoms with van der Waals surface area (Å²) in [5, 5.41) is 0. The quantitative estimate of drug-likeness (QED) is 0.930. The van der Waals surface area contributed by atoms with E-state index in [2.05, 4.69) is 60.7 Å². The van der Waals surface area contributed by atoms with Gasteiger partial charge in [0.25, 0.3) is 0 Å². The van der Waals surface area contributed by atoms with E-state index in [1.807, 2.05) is 0 Å². The number of rotatable bonds is 4. The van der Waals surface area contributed by atoms with Crippen LogP contribution in [0.4, 0.5) is 0 Å². The summed E-state index contributed by atoms with van der Waals surface area (Å²) >= 11 is 0. The first kappa shape index (κ1) is 14.3. The van der Waals surface area contributed by atoms with Gasteiger partial charge in [-0.2, -0.15) is 0 Å². The Morgan fingerprint density at radius 2 is 1.48 bits per heavy atom. The van der Waals surface area contributed by atoms with Crippen molar-refractivity contribution in [2.24, 2.45) is 11.7 Å². The van der Waals surface area contributed by atoms with E-state index in [9.17, 15) is 0 Å².